The van der Waals surface area contributed by atoms with Gasteiger partial charge in [0.25, 0.3) is 0 Å². The molecule has 0 aliphatic rings. The maximum Gasteiger partial charge on any atom is 1.00 e. The van der Waals surface area contributed by atoms with Crippen LogP contribution in [-0.2, 0) is 0 Å². The zero-order valence-corrected chi connectivity index (χ0v) is 19.7. The molecule has 1 unspecified atom stereocenters. The van der Waals surface area contributed by atoms with Crippen LogP contribution in [0.25, 0.3) is 0 Å². The van der Waals surface area contributed by atoms with E-state index in [0.717, 1.165) is 46.3 Å². The molecule has 0 fully saturated rings. The van der Waals surface area contributed by atoms with Crippen molar-refractivity contribution in [3.05, 3.63) is 57.6 Å². The fourth-order valence-corrected chi connectivity index (χ4v) is 4.59. The third kappa shape index (κ3) is 6.49. The summed E-state index contributed by atoms with van der Waals surface area (Å²) in [5.74, 6) is 0.906. The molecule has 0 bridgehead atoms. The number of carbonyl (C=O) groups excluding carboxylic acids is 1. The largest absolute Gasteiger partial charge is 1.00 e. The van der Waals surface area contributed by atoms with Gasteiger partial charge in [0.2, 0.25) is 0 Å². The van der Waals surface area contributed by atoms with Crippen LogP contribution in [0.4, 0.5) is 0 Å². The Morgan fingerprint density at radius 1 is 0.929 bits per heavy atom. The summed E-state index contributed by atoms with van der Waals surface area (Å²) in [6.45, 7) is 13.4. The topological polar surface area (TPSA) is 26.3 Å². The summed E-state index contributed by atoms with van der Waals surface area (Å²) in [4.78, 5) is 13.0. The molecule has 28 heavy (non-hydrogen) atoms. The van der Waals surface area contributed by atoms with Crippen LogP contribution in [0.1, 0.15) is 72.2 Å². The number of hydrogen-bond donors (Lipinski definition) is 0. The Morgan fingerprint density at radius 2 is 1.64 bits per heavy atom. The summed E-state index contributed by atoms with van der Waals surface area (Å²) >= 11 is 0. The van der Waals surface area contributed by atoms with Crippen molar-refractivity contribution in [1.29, 1.82) is 0 Å². The van der Waals surface area contributed by atoms with Crippen molar-refractivity contribution in [3.63, 3.8) is 0 Å². The van der Waals surface area contributed by atoms with E-state index in [1.807, 2.05) is 13.0 Å². The molecule has 0 amide bonds. The summed E-state index contributed by atoms with van der Waals surface area (Å²) < 4.78 is 5.86. The number of ether oxygens (including phenoxy) is 1. The molecule has 4 heteroatoms. The van der Waals surface area contributed by atoms with E-state index < -0.39 is 0 Å². The van der Waals surface area contributed by atoms with Gasteiger partial charge in [-0.1, -0.05) is 38.3 Å². The number of carbonyl (C=O) groups is 1. The number of aryl methyl sites for hydroxylation is 3. The summed E-state index contributed by atoms with van der Waals surface area (Å²) in [7, 11) is 0.145. The molecule has 0 aliphatic carbocycles. The van der Waals surface area contributed by atoms with Gasteiger partial charge in [-0.2, -0.15) is 0 Å². The number of hydrogen-bond acceptors (Lipinski definition) is 2. The first-order valence-electron chi connectivity index (χ1n) is 9.97. The van der Waals surface area contributed by atoms with Gasteiger partial charge in [-0.25, -0.2) is 0 Å². The predicted molar refractivity (Wildman–Crippen MR) is 120 cm³/mol. The molecule has 0 N–H and O–H groups in total. The first kappa shape index (κ1) is 25.0. The minimum absolute atomic E-state index is 0. The molecule has 1 atom stereocenters. The summed E-state index contributed by atoms with van der Waals surface area (Å²) in [6.07, 6.45) is 4.82. The normalized spacial score (nSPS) is 10.9. The molecule has 0 radical (unpaired) electrons. The van der Waals surface area contributed by atoms with E-state index >= 15 is 0 Å². The first-order chi connectivity index (χ1) is 12.8. The van der Waals surface area contributed by atoms with Crippen molar-refractivity contribution >= 4 is 19.4 Å². The Balaban J connectivity index is 0.00000392. The van der Waals surface area contributed by atoms with E-state index in [1.54, 1.807) is 0 Å². The fourth-order valence-electron chi connectivity index (χ4n) is 3.40. The molecular weight excluding hydrogens is 358 g/mol. The Labute approximate surface area is 186 Å². The maximum atomic E-state index is 13.0. The van der Waals surface area contributed by atoms with Gasteiger partial charge in [0.1, 0.15) is 5.75 Å². The predicted octanol–water partition coefficient (Wildman–Crippen LogP) is 3.45. The molecule has 2 aromatic rings. The average molecular weight is 392 g/mol. The molecule has 0 heterocycles. The van der Waals surface area contributed by atoms with E-state index in [2.05, 4.69) is 52.8 Å². The zero-order valence-electron chi connectivity index (χ0n) is 19.7. The zero-order chi connectivity index (χ0) is 20.0. The number of unbranched alkanes of at least 4 members (excludes halogenated alkanes) is 3. The molecule has 2 aromatic carbocycles. The second kappa shape index (κ2) is 11.8. The third-order valence-corrected chi connectivity index (χ3v) is 6.60. The number of benzene rings is 2. The van der Waals surface area contributed by atoms with E-state index in [1.165, 1.54) is 30.4 Å². The van der Waals surface area contributed by atoms with Gasteiger partial charge >= 0.3 is 18.9 Å². The van der Waals surface area contributed by atoms with E-state index in [-0.39, 0.29) is 34.4 Å². The van der Waals surface area contributed by atoms with E-state index in [0.29, 0.717) is 0 Å². The van der Waals surface area contributed by atoms with Gasteiger partial charge in [0.15, 0.2) is 5.52 Å². The van der Waals surface area contributed by atoms with Crippen molar-refractivity contribution < 1.29 is 29.8 Å². The summed E-state index contributed by atoms with van der Waals surface area (Å²) in [5.41, 5.74) is 6.93. The molecule has 0 spiro atoms. The van der Waals surface area contributed by atoms with Crippen LogP contribution in [0.5, 0.6) is 5.75 Å². The minimum atomic E-state index is 0. The molecule has 0 aliphatic heterocycles. The van der Waals surface area contributed by atoms with Crippen LogP contribution in [-0.4, -0.2) is 12.1 Å². The molecule has 0 aromatic heterocycles. The number of rotatable bonds is 9. The summed E-state index contributed by atoms with van der Waals surface area (Å²) in [6, 6.07) is 8.25. The van der Waals surface area contributed by atoms with Gasteiger partial charge in [0, 0.05) is 5.56 Å². The van der Waals surface area contributed by atoms with Crippen molar-refractivity contribution in [2.45, 2.75) is 67.2 Å². The van der Waals surface area contributed by atoms with Crippen LogP contribution < -0.4 is 28.9 Å². The van der Waals surface area contributed by atoms with Gasteiger partial charge in [-0.05, 0) is 94.9 Å². The quantitative estimate of drug-likeness (QED) is 0.371. The first-order valence-corrected chi connectivity index (χ1v) is 11.0. The van der Waals surface area contributed by atoms with Crippen LogP contribution in [0.2, 0.25) is 0 Å². The van der Waals surface area contributed by atoms with Crippen molar-refractivity contribution in [2.24, 2.45) is 0 Å². The van der Waals surface area contributed by atoms with Crippen LogP contribution in [0.15, 0.2) is 24.3 Å². The summed E-state index contributed by atoms with van der Waals surface area (Å²) in [5, 5.41) is 1.11. The van der Waals surface area contributed by atoms with E-state index in [9.17, 15) is 4.79 Å². The second-order valence-electron chi connectivity index (χ2n) is 7.48. The van der Waals surface area contributed by atoms with Crippen LogP contribution >= 0.6 is 8.58 Å². The molecule has 2 rings (SSSR count). The molecule has 2 nitrogen and oxygen atoms in total. The Hall–Kier alpha value is -1.06. The Morgan fingerprint density at radius 3 is 2.29 bits per heavy atom. The van der Waals surface area contributed by atoms with Crippen LogP contribution in [0, 0.1) is 34.6 Å². The van der Waals surface area contributed by atoms with Crippen molar-refractivity contribution in [1.82, 2.24) is 0 Å². The third-order valence-electron chi connectivity index (χ3n) is 5.30. The van der Waals surface area contributed by atoms with Crippen molar-refractivity contribution in [2.75, 3.05) is 6.61 Å². The molecule has 0 saturated carbocycles. The van der Waals surface area contributed by atoms with Gasteiger partial charge in [-0.15, -0.1) is 0 Å². The minimum Gasteiger partial charge on any atom is -1.00 e. The van der Waals surface area contributed by atoms with Gasteiger partial charge < -0.3 is 6.16 Å². The monoisotopic (exact) mass is 392 g/mol. The Bertz CT molecular complexity index is 821. The Kier molecular flexibility index (Phi) is 10.5. The SMILES string of the molecule is CCCCCCOc1ccc(PC(=O)c2c(C)cc(C)c(C)c2C)c(C)c1.[H-].[Li+]. The maximum absolute atomic E-state index is 13.0. The van der Waals surface area contributed by atoms with Crippen molar-refractivity contribution in [3.8, 4) is 5.75 Å². The molecule has 0 saturated heterocycles. The van der Waals surface area contributed by atoms with Crippen LogP contribution in [0.3, 0.4) is 0 Å². The second-order valence-corrected chi connectivity index (χ2v) is 8.72. The standard InChI is InChI=1S/C24H33O2P.Li.H/c1-7-8-9-10-13-26-21-11-12-22(17(3)15-21)27-24(25)23-18(4)14-16(2)19(5)20(23)6;;/h11-12,14-15,27H,7-10,13H2,1-6H3;;/q;+1;-1. The molecule has 148 valence electrons. The van der Waals surface area contributed by atoms with Gasteiger partial charge in [-0.3, -0.25) is 4.79 Å². The van der Waals surface area contributed by atoms with Gasteiger partial charge in [0.05, 0.1) is 6.61 Å². The van der Waals surface area contributed by atoms with E-state index in [4.69, 9.17) is 4.74 Å². The average Bonchev–Trinajstić information content (AvgIpc) is 2.62. The smallest absolute Gasteiger partial charge is 1.00 e. The molecular formula is C24H34LiO2P. The fraction of sp³-hybridized carbons (Fsp3) is 0.458.